The molecule has 1 aliphatic rings. The summed E-state index contributed by atoms with van der Waals surface area (Å²) in [6.07, 6.45) is 1.78. The summed E-state index contributed by atoms with van der Waals surface area (Å²) in [6.45, 7) is 0. The number of guanidine groups is 1. The Hall–Kier alpha value is -2.39. The number of rotatable bonds is 1. The highest BCUT2D eigenvalue weighted by Gasteiger charge is 2.30. The van der Waals surface area contributed by atoms with Crippen molar-refractivity contribution in [1.82, 2.24) is 10.3 Å². The number of aromatic nitrogens is 1. The molecular weight excluding hydrogens is 565 g/mol. The Bertz CT molecular complexity index is 1010. The summed E-state index contributed by atoms with van der Waals surface area (Å²) in [5.74, 6) is 0.0718. The van der Waals surface area contributed by atoms with Gasteiger partial charge in [-0.3, -0.25) is 5.32 Å². The zero-order valence-corrected chi connectivity index (χ0v) is 17.1. The van der Waals surface area contributed by atoms with Crippen LogP contribution in [0.1, 0.15) is 22.7 Å². The highest BCUT2D eigenvalue weighted by Crippen LogP contribution is 2.41. The second kappa shape index (κ2) is 7.08. The smallest absolute Gasteiger partial charge is 0.211 e. The van der Waals surface area contributed by atoms with Gasteiger partial charge in [0.05, 0.1) is 12.8 Å². The van der Waals surface area contributed by atoms with E-state index in [4.69, 9.17) is 16.7 Å². The van der Waals surface area contributed by atoms with E-state index in [1.54, 1.807) is 18.3 Å². The number of nitriles is 2. The quantitative estimate of drug-likeness (QED) is 0.177. The first-order valence-electron chi connectivity index (χ1n) is 7.00. The lowest BCUT2D eigenvalue weighted by atomic mass is 9.95. The number of pyridine rings is 1. The molecule has 1 atom stereocenters. The third-order valence-electron chi connectivity index (χ3n) is 3.68. The lowest BCUT2D eigenvalue weighted by molar-refractivity contribution is 0.611. The van der Waals surface area contributed by atoms with E-state index in [1.807, 2.05) is 51.3 Å². The van der Waals surface area contributed by atoms with Gasteiger partial charge in [0.15, 0.2) is 6.19 Å². The number of hydrogen-bond acceptors (Lipinski definition) is 8. The molecule has 11 heteroatoms. The third kappa shape index (κ3) is 3.08. The second-order valence-corrected chi connectivity index (χ2v) is 7.52. The normalized spacial score (nSPS) is 15.1. The van der Waals surface area contributed by atoms with E-state index < -0.39 is 6.04 Å². The molecule has 130 valence electrons. The van der Waals surface area contributed by atoms with Gasteiger partial charge < -0.3 is 16.8 Å². The number of nitrogens with zero attached hydrogens (tertiary/aromatic N) is 4. The van der Waals surface area contributed by atoms with Gasteiger partial charge in [-0.05, 0) is 62.9 Å². The molecule has 0 amide bonds. The van der Waals surface area contributed by atoms with Gasteiger partial charge in [-0.25, -0.2) is 14.4 Å². The first-order chi connectivity index (χ1) is 12.4. The Morgan fingerprint density at radius 2 is 1.88 bits per heavy atom. The molecule has 8 nitrogen and oxygen atoms in total. The largest absolute Gasteiger partial charge is 0.397 e. The zero-order valence-electron chi connectivity index (χ0n) is 12.8. The Balaban J connectivity index is 2.28. The average molecular weight is 574 g/mol. The van der Waals surface area contributed by atoms with E-state index in [0.29, 0.717) is 18.3 Å². The molecule has 0 bridgehead atoms. The molecule has 0 aliphatic carbocycles. The standard InChI is InChI=1S/C15H9FI2N8/c16-10-7(17)1-5(2-8(10)18)12-9-11(21)6(3-19)13(22)25-14(9)26-15(24-12)23-4-20/h1-2,12H,(H6,21,22,23,24,25,26). The molecular formula is C15H9FI2N8. The van der Waals surface area contributed by atoms with Crippen LogP contribution in [0.4, 0.5) is 21.7 Å². The first kappa shape index (κ1) is 18.4. The molecule has 26 heavy (non-hydrogen) atoms. The van der Waals surface area contributed by atoms with Crippen LogP contribution in [0, 0.1) is 35.7 Å². The summed E-state index contributed by atoms with van der Waals surface area (Å²) >= 11 is 3.78. The van der Waals surface area contributed by atoms with Crippen LogP contribution in [0.5, 0.6) is 0 Å². The molecule has 6 N–H and O–H groups in total. The zero-order chi connectivity index (χ0) is 19.0. The van der Waals surface area contributed by atoms with Crippen molar-refractivity contribution in [1.29, 1.82) is 10.5 Å². The van der Waals surface area contributed by atoms with Crippen LogP contribution in [0.3, 0.4) is 0 Å². The van der Waals surface area contributed by atoms with Crippen molar-refractivity contribution in [3.8, 4) is 12.3 Å². The number of anilines is 3. The van der Waals surface area contributed by atoms with Gasteiger partial charge in [-0.2, -0.15) is 10.5 Å². The number of hydrogen-bond donors (Lipinski definition) is 4. The van der Waals surface area contributed by atoms with Crippen molar-refractivity contribution in [2.45, 2.75) is 6.04 Å². The average Bonchev–Trinajstić information content (AvgIpc) is 2.59. The summed E-state index contributed by atoms with van der Waals surface area (Å²) in [4.78, 5) is 8.61. The molecule has 2 heterocycles. The van der Waals surface area contributed by atoms with Crippen LogP contribution < -0.4 is 22.1 Å². The molecule has 0 fully saturated rings. The minimum Gasteiger partial charge on any atom is -0.397 e. The van der Waals surface area contributed by atoms with Crippen LogP contribution in [-0.2, 0) is 0 Å². The molecule has 0 spiro atoms. The monoisotopic (exact) mass is 574 g/mol. The maximum atomic E-state index is 14.0. The van der Waals surface area contributed by atoms with Crippen LogP contribution in [0.2, 0.25) is 0 Å². The fourth-order valence-corrected chi connectivity index (χ4v) is 4.37. The highest BCUT2D eigenvalue weighted by molar-refractivity contribution is 14.1. The summed E-state index contributed by atoms with van der Waals surface area (Å²) in [5, 5.41) is 23.4. The number of fused-ring (bicyclic) bond motifs is 1. The van der Waals surface area contributed by atoms with Crippen LogP contribution >= 0.6 is 45.2 Å². The summed E-state index contributed by atoms with van der Waals surface area (Å²) < 4.78 is 14.8. The second-order valence-electron chi connectivity index (χ2n) is 5.20. The first-order valence-corrected chi connectivity index (χ1v) is 9.16. The Morgan fingerprint density at radius 3 is 2.46 bits per heavy atom. The Kier molecular flexibility index (Phi) is 5.01. The van der Waals surface area contributed by atoms with E-state index in [-0.39, 0.29) is 34.7 Å². The molecule has 0 saturated heterocycles. The Morgan fingerprint density at radius 1 is 1.23 bits per heavy atom. The minimum absolute atomic E-state index is 0.0310. The van der Waals surface area contributed by atoms with Crippen molar-refractivity contribution in [3.63, 3.8) is 0 Å². The molecule has 1 aliphatic heterocycles. The number of nitrogen functional groups attached to an aromatic ring is 2. The van der Waals surface area contributed by atoms with Gasteiger partial charge in [-0.1, -0.05) is 0 Å². The third-order valence-corrected chi connectivity index (χ3v) is 5.25. The molecule has 0 radical (unpaired) electrons. The maximum Gasteiger partial charge on any atom is 0.211 e. The molecule has 1 aromatic heterocycles. The van der Waals surface area contributed by atoms with Gasteiger partial charge in [0, 0.05) is 5.56 Å². The van der Waals surface area contributed by atoms with E-state index in [2.05, 4.69) is 20.6 Å². The van der Waals surface area contributed by atoms with Crippen molar-refractivity contribution in [3.05, 3.63) is 41.8 Å². The maximum absolute atomic E-state index is 14.0. The van der Waals surface area contributed by atoms with Gasteiger partial charge in [0.1, 0.15) is 35.1 Å². The van der Waals surface area contributed by atoms with Crippen LogP contribution in [0.15, 0.2) is 17.1 Å². The van der Waals surface area contributed by atoms with Gasteiger partial charge in [0.2, 0.25) is 5.96 Å². The van der Waals surface area contributed by atoms with E-state index >= 15 is 0 Å². The van der Waals surface area contributed by atoms with Gasteiger partial charge in [-0.15, -0.1) is 0 Å². The molecule has 1 aromatic carbocycles. The van der Waals surface area contributed by atoms with Crippen molar-refractivity contribution >= 4 is 68.5 Å². The SMILES string of the molecule is N#CNC1=NC(c2cc(I)c(F)c(I)c2)c2c(nc(N)c(C#N)c2N)N1. The van der Waals surface area contributed by atoms with Crippen molar-refractivity contribution < 1.29 is 4.39 Å². The van der Waals surface area contributed by atoms with Crippen LogP contribution in [-0.4, -0.2) is 10.9 Å². The predicted octanol–water partition coefficient (Wildman–Crippen LogP) is 2.41. The number of benzene rings is 1. The van der Waals surface area contributed by atoms with Gasteiger partial charge >= 0.3 is 0 Å². The van der Waals surface area contributed by atoms with Crippen LogP contribution in [0.25, 0.3) is 0 Å². The summed E-state index contributed by atoms with van der Waals surface area (Å²) in [6, 6.07) is 4.51. The lowest BCUT2D eigenvalue weighted by Gasteiger charge is -2.26. The molecule has 2 aromatic rings. The topological polar surface area (TPSA) is 149 Å². The fraction of sp³-hybridized carbons (Fsp3) is 0.0667. The molecule has 3 rings (SSSR count). The number of aliphatic imine (C=N–C) groups is 1. The van der Waals surface area contributed by atoms with E-state index in [0.717, 1.165) is 0 Å². The summed E-state index contributed by atoms with van der Waals surface area (Å²) in [7, 11) is 0. The number of nitrogens with two attached hydrogens (primary N) is 2. The predicted molar refractivity (Wildman–Crippen MR) is 111 cm³/mol. The number of nitrogens with one attached hydrogen (secondary N) is 2. The lowest BCUT2D eigenvalue weighted by Crippen LogP contribution is -2.32. The highest BCUT2D eigenvalue weighted by atomic mass is 127. The molecule has 0 saturated carbocycles. The summed E-state index contributed by atoms with van der Waals surface area (Å²) in [5.41, 5.74) is 13.2. The fourth-order valence-electron chi connectivity index (χ4n) is 2.56. The minimum atomic E-state index is -0.690. The molecule has 1 unspecified atom stereocenters. The Labute approximate surface area is 174 Å². The van der Waals surface area contributed by atoms with Crippen molar-refractivity contribution in [2.75, 3.05) is 16.8 Å². The van der Waals surface area contributed by atoms with E-state index in [1.165, 1.54) is 0 Å². The number of halogens is 3. The van der Waals surface area contributed by atoms with E-state index in [9.17, 15) is 9.65 Å². The van der Waals surface area contributed by atoms with Crippen molar-refractivity contribution in [2.24, 2.45) is 4.99 Å². The van der Waals surface area contributed by atoms with Gasteiger partial charge in [0.25, 0.3) is 0 Å².